The molecule has 0 saturated carbocycles. The van der Waals surface area contributed by atoms with Crippen LogP contribution in [-0.4, -0.2) is 5.11 Å². The van der Waals surface area contributed by atoms with Gasteiger partial charge in [-0.1, -0.05) is 11.6 Å². The summed E-state index contributed by atoms with van der Waals surface area (Å²) in [6.45, 7) is 0. The van der Waals surface area contributed by atoms with E-state index in [1.54, 1.807) is 12.1 Å². The molecule has 0 radical (unpaired) electrons. The number of aliphatic hydroxyl groups excluding tert-OH is 1. The van der Waals surface area contributed by atoms with Gasteiger partial charge in [0.15, 0.2) is 0 Å². The normalized spacial score (nSPS) is 12.1. The molecule has 1 N–H and O–H groups in total. The average molecular weight is 321 g/mol. The Kier molecular flexibility index (Phi) is 4.73. The Labute approximate surface area is 103 Å². The molecule has 0 fully saturated rings. The van der Waals surface area contributed by atoms with Gasteiger partial charge in [-0.25, -0.2) is 0 Å². The van der Waals surface area contributed by atoms with Gasteiger partial charge in [-0.15, -0.1) is 12.3 Å². The van der Waals surface area contributed by atoms with Crippen LogP contribution in [0.3, 0.4) is 0 Å². The van der Waals surface area contributed by atoms with Crippen molar-refractivity contribution in [2.24, 2.45) is 0 Å². The van der Waals surface area contributed by atoms with Crippen molar-refractivity contribution < 1.29 is 5.11 Å². The summed E-state index contributed by atoms with van der Waals surface area (Å²) >= 11 is 8.01. The van der Waals surface area contributed by atoms with E-state index in [2.05, 4.69) is 28.5 Å². The summed E-state index contributed by atoms with van der Waals surface area (Å²) < 4.78 is 1.01. The first-order chi connectivity index (χ1) is 6.65. The standard InChI is InChI=1S/C11H10ClIO/c1-2-3-4-11(14)9-7-8(12)5-6-10(9)13/h1,5-7,11,14H,3-4H2. The maximum atomic E-state index is 9.80. The number of hydrogen-bond acceptors (Lipinski definition) is 1. The zero-order valence-corrected chi connectivity index (χ0v) is 10.4. The number of benzene rings is 1. The van der Waals surface area contributed by atoms with Crippen LogP contribution in [0.25, 0.3) is 0 Å². The average Bonchev–Trinajstić information content (AvgIpc) is 2.18. The number of hydrogen-bond donors (Lipinski definition) is 1. The molecule has 0 amide bonds. The second-order valence-corrected chi connectivity index (χ2v) is 4.52. The van der Waals surface area contributed by atoms with Gasteiger partial charge in [-0.3, -0.25) is 0 Å². The van der Waals surface area contributed by atoms with Crippen LogP contribution in [0.5, 0.6) is 0 Å². The van der Waals surface area contributed by atoms with E-state index in [-0.39, 0.29) is 0 Å². The van der Waals surface area contributed by atoms with Crippen LogP contribution in [-0.2, 0) is 0 Å². The molecule has 1 aromatic carbocycles. The highest BCUT2D eigenvalue weighted by atomic mass is 127. The van der Waals surface area contributed by atoms with Gasteiger partial charge in [0.1, 0.15) is 0 Å². The van der Waals surface area contributed by atoms with E-state index >= 15 is 0 Å². The van der Waals surface area contributed by atoms with Crippen LogP contribution >= 0.6 is 34.2 Å². The van der Waals surface area contributed by atoms with Crippen LogP contribution < -0.4 is 0 Å². The second-order valence-electron chi connectivity index (χ2n) is 2.92. The van der Waals surface area contributed by atoms with E-state index in [0.29, 0.717) is 17.9 Å². The smallest absolute Gasteiger partial charge is 0.0809 e. The molecule has 14 heavy (non-hydrogen) atoms. The van der Waals surface area contributed by atoms with Crippen molar-refractivity contribution in [2.75, 3.05) is 0 Å². The van der Waals surface area contributed by atoms with E-state index in [4.69, 9.17) is 18.0 Å². The van der Waals surface area contributed by atoms with Gasteiger partial charge in [-0.05, 0) is 52.8 Å². The first kappa shape index (κ1) is 11.8. The summed E-state index contributed by atoms with van der Waals surface area (Å²) in [4.78, 5) is 0. The minimum absolute atomic E-state index is 0.517. The SMILES string of the molecule is C#CCCC(O)c1cc(Cl)ccc1I. The molecule has 1 nitrogen and oxygen atoms in total. The fourth-order valence-electron chi connectivity index (χ4n) is 1.15. The van der Waals surface area contributed by atoms with Crippen molar-refractivity contribution in [1.82, 2.24) is 0 Å². The van der Waals surface area contributed by atoms with Gasteiger partial charge < -0.3 is 5.11 Å². The van der Waals surface area contributed by atoms with Crippen molar-refractivity contribution >= 4 is 34.2 Å². The summed E-state index contributed by atoms with van der Waals surface area (Å²) in [6, 6.07) is 5.47. The van der Waals surface area contributed by atoms with E-state index < -0.39 is 6.10 Å². The monoisotopic (exact) mass is 320 g/mol. The molecule has 1 unspecified atom stereocenters. The lowest BCUT2D eigenvalue weighted by molar-refractivity contribution is 0.168. The van der Waals surface area contributed by atoms with E-state index in [1.807, 2.05) is 6.07 Å². The first-order valence-corrected chi connectivity index (χ1v) is 5.67. The summed E-state index contributed by atoms with van der Waals surface area (Å²) in [6.07, 6.45) is 5.77. The summed E-state index contributed by atoms with van der Waals surface area (Å²) in [5, 5.41) is 10.4. The maximum Gasteiger partial charge on any atom is 0.0809 e. The highest BCUT2D eigenvalue weighted by Crippen LogP contribution is 2.26. The minimum atomic E-state index is -0.517. The highest BCUT2D eigenvalue weighted by molar-refractivity contribution is 14.1. The molecule has 0 spiro atoms. The zero-order chi connectivity index (χ0) is 10.6. The Bertz CT molecular complexity index is 357. The van der Waals surface area contributed by atoms with Crippen LogP contribution in [0.2, 0.25) is 5.02 Å². The van der Waals surface area contributed by atoms with E-state index in [9.17, 15) is 5.11 Å². The molecule has 0 heterocycles. The third-order valence-electron chi connectivity index (χ3n) is 1.88. The topological polar surface area (TPSA) is 20.2 Å². The molecule has 3 heteroatoms. The highest BCUT2D eigenvalue weighted by Gasteiger charge is 2.10. The van der Waals surface area contributed by atoms with Gasteiger partial charge in [0.25, 0.3) is 0 Å². The molecular weight excluding hydrogens is 310 g/mol. The fourth-order valence-corrected chi connectivity index (χ4v) is 2.02. The Hall–Kier alpha value is -0.240. The van der Waals surface area contributed by atoms with Crippen molar-refractivity contribution in [1.29, 1.82) is 0 Å². The van der Waals surface area contributed by atoms with Crippen LogP contribution in [0.15, 0.2) is 18.2 Å². The van der Waals surface area contributed by atoms with Crippen molar-refractivity contribution in [3.63, 3.8) is 0 Å². The molecule has 1 aromatic rings. The van der Waals surface area contributed by atoms with Crippen LogP contribution in [0.4, 0.5) is 0 Å². The molecule has 0 bridgehead atoms. The first-order valence-electron chi connectivity index (χ1n) is 4.21. The van der Waals surface area contributed by atoms with Crippen molar-refractivity contribution in [3.8, 4) is 12.3 Å². The Balaban J connectivity index is 2.83. The number of aliphatic hydroxyl groups is 1. The molecule has 1 rings (SSSR count). The molecule has 0 saturated heterocycles. The lowest BCUT2D eigenvalue weighted by Gasteiger charge is -2.11. The predicted octanol–water partition coefficient (Wildman–Crippen LogP) is 3.39. The lowest BCUT2D eigenvalue weighted by atomic mass is 10.1. The Morgan fingerprint density at radius 1 is 1.57 bits per heavy atom. The second kappa shape index (κ2) is 5.59. The minimum Gasteiger partial charge on any atom is -0.388 e. The molecule has 74 valence electrons. The molecule has 0 aliphatic heterocycles. The lowest BCUT2D eigenvalue weighted by Crippen LogP contribution is -1.99. The third kappa shape index (κ3) is 3.16. The number of terminal acetylenes is 1. The number of rotatable bonds is 3. The Morgan fingerprint density at radius 3 is 2.93 bits per heavy atom. The van der Waals surface area contributed by atoms with E-state index in [0.717, 1.165) is 9.13 Å². The van der Waals surface area contributed by atoms with Gasteiger partial charge in [0.2, 0.25) is 0 Å². The molecular formula is C11H10ClIO. The molecule has 1 atom stereocenters. The molecule has 0 aliphatic rings. The Morgan fingerprint density at radius 2 is 2.29 bits per heavy atom. The van der Waals surface area contributed by atoms with Gasteiger partial charge in [-0.2, -0.15) is 0 Å². The number of halogens is 2. The molecule has 0 aliphatic carbocycles. The summed E-state index contributed by atoms with van der Waals surface area (Å²) in [5.41, 5.74) is 0.855. The van der Waals surface area contributed by atoms with Crippen molar-refractivity contribution in [2.45, 2.75) is 18.9 Å². The van der Waals surface area contributed by atoms with Crippen LogP contribution in [0.1, 0.15) is 24.5 Å². The zero-order valence-electron chi connectivity index (χ0n) is 7.50. The predicted molar refractivity (Wildman–Crippen MR) is 67.2 cm³/mol. The van der Waals surface area contributed by atoms with E-state index in [1.165, 1.54) is 0 Å². The summed E-state index contributed by atoms with van der Waals surface area (Å²) in [5.74, 6) is 2.51. The largest absolute Gasteiger partial charge is 0.388 e. The molecule has 0 aromatic heterocycles. The van der Waals surface area contributed by atoms with Gasteiger partial charge >= 0.3 is 0 Å². The van der Waals surface area contributed by atoms with Crippen LogP contribution in [0, 0.1) is 15.9 Å². The maximum absolute atomic E-state index is 9.80. The van der Waals surface area contributed by atoms with Gasteiger partial charge in [0, 0.05) is 15.0 Å². The van der Waals surface area contributed by atoms with Crippen molar-refractivity contribution in [3.05, 3.63) is 32.4 Å². The van der Waals surface area contributed by atoms with Gasteiger partial charge in [0.05, 0.1) is 6.10 Å². The fraction of sp³-hybridized carbons (Fsp3) is 0.273. The quantitative estimate of drug-likeness (QED) is 0.668. The summed E-state index contributed by atoms with van der Waals surface area (Å²) in [7, 11) is 0. The third-order valence-corrected chi connectivity index (χ3v) is 3.10.